The van der Waals surface area contributed by atoms with Crippen molar-refractivity contribution in [2.45, 2.75) is 39.5 Å². The maximum atomic E-state index is 12.8. The number of aromatic hydroxyl groups is 1. The second kappa shape index (κ2) is 10.4. The monoisotopic (exact) mass is 430 g/mol. The number of methoxy groups -OCH3 is 1. The SMILES string of the molecule is COc1cc(/C=C/CN2CC(=O)N(C(C)C)C[C@H](OCc3noc(C)n3)C2)ccc1O. The summed E-state index contributed by atoms with van der Waals surface area (Å²) >= 11 is 0. The molecule has 1 atom stereocenters. The number of phenols is 1. The highest BCUT2D eigenvalue weighted by molar-refractivity contribution is 5.79. The van der Waals surface area contributed by atoms with Crippen molar-refractivity contribution in [2.24, 2.45) is 0 Å². The topological polar surface area (TPSA) is 101 Å². The summed E-state index contributed by atoms with van der Waals surface area (Å²) in [6, 6.07) is 5.25. The summed E-state index contributed by atoms with van der Waals surface area (Å²) < 4.78 is 16.2. The predicted molar refractivity (Wildman–Crippen MR) is 115 cm³/mol. The molecular weight excluding hydrogens is 400 g/mol. The van der Waals surface area contributed by atoms with Gasteiger partial charge in [-0.2, -0.15) is 4.98 Å². The molecule has 0 saturated carbocycles. The molecule has 1 aliphatic heterocycles. The van der Waals surface area contributed by atoms with Gasteiger partial charge in [0.2, 0.25) is 11.8 Å². The molecule has 2 heterocycles. The smallest absolute Gasteiger partial charge is 0.237 e. The molecule has 168 valence electrons. The van der Waals surface area contributed by atoms with Crippen molar-refractivity contribution in [2.75, 3.05) is 33.3 Å². The van der Waals surface area contributed by atoms with Crippen molar-refractivity contribution in [3.63, 3.8) is 0 Å². The quantitative estimate of drug-likeness (QED) is 0.681. The first-order chi connectivity index (χ1) is 14.9. The molecule has 9 nitrogen and oxygen atoms in total. The zero-order valence-electron chi connectivity index (χ0n) is 18.4. The van der Waals surface area contributed by atoms with Crippen molar-refractivity contribution >= 4 is 12.0 Å². The fourth-order valence-electron chi connectivity index (χ4n) is 3.48. The second-order valence-electron chi connectivity index (χ2n) is 7.83. The first-order valence-corrected chi connectivity index (χ1v) is 10.3. The molecule has 0 spiro atoms. The van der Waals surface area contributed by atoms with E-state index in [1.54, 1.807) is 25.1 Å². The normalized spacial score (nSPS) is 18.2. The highest BCUT2D eigenvalue weighted by Crippen LogP contribution is 2.26. The third-order valence-electron chi connectivity index (χ3n) is 5.06. The first-order valence-electron chi connectivity index (χ1n) is 10.3. The summed E-state index contributed by atoms with van der Waals surface area (Å²) in [7, 11) is 1.52. The lowest BCUT2D eigenvalue weighted by atomic mass is 10.2. The number of carbonyl (C=O) groups is 1. The van der Waals surface area contributed by atoms with Crippen LogP contribution in [0.15, 0.2) is 28.8 Å². The van der Waals surface area contributed by atoms with Crippen molar-refractivity contribution in [3.8, 4) is 11.5 Å². The molecule has 0 aliphatic carbocycles. The number of nitrogens with zero attached hydrogens (tertiary/aromatic N) is 4. The van der Waals surface area contributed by atoms with Gasteiger partial charge in [-0.1, -0.05) is 23.4 Å². The van der Waals surface area contributed by atoms with Crippen LogP contribution in [-0.4, -0.2) is 76.4 Å². The number of carbonyl (C=O) groups excluding carboxylic acids is 1. The number of amides is 1. The molecule has 1 aromatic heterocycles. The Morgan fingerprint density at radius 2 is 2.16 bits per heavy atom. The summed E-state index contributed by atoms with van der Waals surface area (Å²) in [6.45, 7) is 8.01. The second-order valence-corrected chi connectivity index (χ2v) is 7.83. The maximum absolute atomic E-state index is 12.8. The number of ether oxygens (including phenoxy) is 2. The van der Waals surface area contributed by atoms with Crippen LogP contribution in [0.25, 0.3) is 6.08 Å². The maximum Gasteiger partial charge on any atom is 0.237 e. The lowest BCUT2D eigenvalue weighted by Crippen LogP contribution is -2.42. The highest BCUT2D eigenvalue weighted by Gasteiger charge is 2.29. The number of aryl methyl sites for hydroxylation is 1. The lowest BCUT2D eigenvalue weighted by molar-refractivity contribution is -0.133. The van der Waals surface area contributed by atoms with Gasteiger partial charge in [0.15, 0.2) is 17.3 Å². The van der Waals surface area contributed by atoms with Crippen molar-refractivity contribution in [1.82, 2.24) is 19.9 Å². The van der Waals surface area contributed by atoms with Gasteiger partial charge in [0.25, 0.3) is 0 Å². The molecule has 1 N–H and O–H groups in total. The van der Waals surface area contributed by atoms with E-state index in [1.807, 2.05) is 30.9 Å². The van der Waals surface area contributed by atoms with Crippen LogP contribution in [0.1, 0.15) is 31.1 Å². The number of benzene rings is 1. The van der Waals surface area contributed by atoms with E-state index in [-0.39, 0.29) is 30.4 Å². The first kappa shape index (κ1) is 22.8. The number of hydrogen-bond acceptors (Lipinski definition) is 8. The van der Waals surface area contributed by atoms with Gasteiger partial charge in [-0.3, -0.25) is 9.69 Å². The largest absolute Gasteiger partial charge is 0.504 e. The fourth-order valence-corrected chi connectivity index (χ4v) is 3.48. The Balaban J connectivity index is 1.65. The van der Waals surface area contributed by atoms with Crippen LogP contribution >= 0.6 is 0 Å². The molecule has 0 bridgehead atoms. The molecule has 1 saturated heterocycles. The predicted octanol–water partition coefficient (Wildman–Crippen LogP) is 2.24. The Kier molecular flexibility index (Phi) is 7.64. The summed E-state index contributed by atoms with van der Waals surface area (Å²) in [5.74, 6) is 1.59. The summed E-state index contributed by atoms with van der Waals surface area (Å²) in [4.78, 5) is 20.8. The molecule has 3 rings (SSSR count). The third kappa shape index (κ3) is 6.28. The summed E-state index contributed by atoms with van der Waals surface area (Å²) in [5.41, 5.74) is 0.903. The Morgan fingerprint density at radius 3 is 2.84 bits per heavy atom. The Labute approximate surface area is 182 Å². The van der Waals surface area contributed by atoms with Crippen molar-refractivity contribution < 1.29 is 23.9 Å². The van der Waals surface area contributed by atoms with Gasteiger partial charge in [0.1, 0.15) is 6.61 Å². The molecular formula is C22H30N4O5. The van der Waals surface area contributed by atoms with Crippen LogP contribution in [0.3, 0.4) is 0 Å². The zero-order chi connectivity index (χ0) is 22.4. The number of phenolic OH excluding ortho intramolecular Hbond substituents is 1. The average molecular weight is 431 g/mol. The van der Waals surface area contributed by atoms with Crippen LogP contribution in [0, 0.1) is 6.92 Å². The molecule has 1 amide bonds. The van der Waals surface area contributed by atoms with E-state index < -0.39 is 0 Å². The molecule has 9 heteroatoms. The van der Waals surface area contributed by atoms with Crippen LogP contribution in [0.2, 0.25) is 0 Å². The Hall–Kier alpha value is -2.91. The van der Waals surface area contributed by atoms with Crippen LogP contribution in [0.5, 0.6) is 11.5 Å². The van der Waals surface area contributed by atoms with Crippen LogP contribution in [-0.2, 0) is 16.1 Å². The van der Waals surface area contributed by atoms with Crippen molar-refractivity contribution in [3.05, 3.63) is 41.6 Å². The molecule has 1 aliphatic rings. The minimum atomic E-state index is -0.171. The van der Waals surface area contributed by atoms with E-state index in [2.05, 4.69) is 15.0 Å². The van der Waals surface area contributed by atoms with E-state index in [0.29, 0.717) is 43.6 Å². The number of hydrogen-bond donors (Lipinski definition) is 1. The van der Waals surface area contributed by atoms with Gasteiger partial charge < -0.3 is 24.0 Å². The average Bonchev–Trinajstić information content (AvgIpc) is 3.07. The molecule has 2 aromatic rings. The van der Waals surface area contributed by atoms with Gasteiger partial charge in [-0.25, -0.2) is 0 Å². The van der Waals surface area contributed by atoms with Gasteiger partial charge in [0.05, 0.1) is 19.8 Å². The van der Waals surface area contributed by atoms with E-state index >= 15 is 0 Å². The van der Waals surface area contributed by atoms with Gasteiger partial charge in [-0.15, -0.1) is 0 Å². The summed E-state index contributed by atoms with van der Waals surface area (Å²) in [5, 5.41) is 13.6. The van der Waals surface area contributed by atoms with E-state index in [1.165, 1.54) is 7.11 Å². The number of aromatic nitrogens is 2. The molecule has 1 aromatic carbocycles. The standard InChI is InChI=1S/C22H30N4O5/c1-15(2)26-12-18(30-14-21-23-16(3)31-24-21)11-25(13-22(26)28)9-5-6-17-7-8-19(27)20(10-17)29-4/h5-8,10,15,18,27H,9,11-14H2,1-4H3/b6-5+/t18-/m1/s1. The third-order valence-corrected chi connectivity index (χ3v) is 5.06. The van der Waals surface area contributed by atoms with Crippen LogP contribution in [0.4, 0.5) is 0 Å². The van der Waals surface area contributed by atoms with Gasteiger partial charge in [-0.05, 0) is 31.5 Å². The fraction of sp³-hybridized carbons (Fsp3) is 0.500. The minimum Gasteiger partial charge on any atom is -0.504 e. The molecule has 0 radical (unpaired) electrons. The molecule has 1 fully saturated rings. The van der Waals surface area contributed by atoms with Crippen molar-refractivity contribution in [1.29, 1.82) is 0 Å². The Bertz CT molecular complexity index is 911. The van der Waals surface area contributed by atoms with Gasteiger partial charge in [0, 0.05) is 32.6 Å². The van der Waals surface area contributed by atoms with E-state index in [4.69, 9.17) is 14.0 Å². The Morgan fingerprint density at radius 1 is 1.35 bits per heavy atom. The molecule has 31 heavy (non-hydrogen) atoms. The highest BCUT2D eigenvalue weighted by atomic mass is 16.5. The summed E-state index contributed by atoms with van der Waals surface area (Å²) in [6.07, 6.45) is 3.76. The van der Waals surface area contributed by atoms with Crippen LogP contribution < -0.4 is 4.74 Å². The van der Waals surface area contributed by atoms with E-state index in [0.717, 1.165) is 5.56 Å². The number of rotatable bonds is 8. The minimum absolute atomic E-state index is 0.0798. The zero-order valence-corrected chi connectivity index (χ0v) is 18.4. The lowest BCUT2D eigenvalue weighted by Gasteiger charge is -2.27. The molecule has 0 unspecified atom stereocenters. The van der Waals surface area contributed by atoms with Gasteiger partial charge >= 0.3 is 0 Å². The van der Waals surface area contributed by atoms with E-state index in [9.17, 15) is 9.90 Å².